The summed E-state index contributed by atoms with van der Waals surface area (Å²) in [6, 6.07) is 11.2. The highest BCUT2D eigenvalue weighted by molar-refractivity contribution is 6.32. The lowest BCUT2D eigenvalue weighted by molar-refractivity contribution is -0.119. The smallest absolute Gasteiger partial charge is 0.255 e. The Balaban J connectivity index is 1.56. The molecular weight excluding hydrogens is 434 g/mol. The van der Waals surface area contributed by atoms with Crippen molar-refractivity contribution >= 4 is 23.4 Å². The van der Waals surface area contributed by atoms with Crippen molar-refractivity contribution in [3.05, 3.63) is 52.5 Å². The molecule has 1 saturated heterocycles. The number of amides is 2. The van der Waals surface area contributed by atoms with Crippen LogP contribution in [0.2, 0.25) is 5.02 Å². The van der Waals surface area contributed by atoms with Crippen molar-refractivity contribution in [3.63, 3.8) is 0 Å². The number of piperidine rings is 1. The van der Waals surface area contributed by atoms with Crippen LogP contribution in [0, 0.1) is 0 Å². The third-order valence-electron chi connectivity index (χ3n) is 5.31. The van der Waals surface area contributed by atoms with Crippen LogP contribution >= 0.6 is 11.6 Å². The Morgan fingerprint density at radius 2 is 1.91 bits per heavy atom. The summed E-state index contributed by atoms with van der Waals surface area (Å²) >= 11 is 6.25. The number of carbonyl (C=O) groups is 2. The number of benzene rings is 2. The van der Waals surface area contributed by atoms with Crippen LogP contribution < -0.4 is 25.3 Å². The van der Waals surface area contributed by atoms with E-state index < -0.39 is 5.91 Å². The first kappa shape index (κ1) is 23.7. The fourth-order valence-electron chi connectivity index (χ4n) is 3.67. The number of hydrogen-bond donors (Lipinski definition) is 2. The van der Waals surface area contributed by atoms with Crippen LogP contribution in [-0.4, -0.2) is 56.7 Å². The number of likely N-dealkylation sites (tertiary alicyclic amines) is 1. The van der Waals surface area contributed by atoms with E-state index in [1.165, 1.54) is 24.8 Å². The summed E-state index contributed by atoms with van der Waals surface area (Å²) < 4.78 is 15.9. The van der Waals surface area contributed by atoms with Crippen molar-refractivity contribution in [2.45, 2.75) is 25.4 Å². The molecule has 8 nitrogen and oxygen atoms in total. The van der Waals surface area contributed by atoms with E-state index in [0.717, 1.165) is 38.2 Å². The number of primary amides is 1. The number of methoxy groups -OCH3 is 2. The first-order valence-electron chi connectivity index (χ1n) is 10.3. The molecule has 3 N–H and O–H groups in total. The Labute approximate surface area is 192 Å². The molecule has 0 radical (unpaired) electrons. The van der Waals surface area contributed by atoms with Gasteiger partial charge < -0.3 is 25.3 Å². The van der Waals surface area contributed by atoms with E-state index in [-0.39, 0.29) is 35.1 Å². The fraction of sp³-hybridized carbons (Fsp3) is 0.391. The highest BCUT2D eigenvalue weighted by Crippen LogP contribution is 2.36. The van der Waals surface area contributed by atoms with Crippen LogP contribution in [0.15, 0.2) is 36.4 Å². The highest BCUT2D eigenvalue weighted by atomic mass is 35.5. The monoisotopic (exact) mass is 461 g/mol. The van der Waals surface area contributed by atoms with Crippen molar-refractivity contribution in [2.75, 3.05) is 33.9 Å². The number of nitrogens with two attached hydrogens (primary N) is 1. The summed E-state index contributed by atoms with van der Waals surface area (Å²) in [7, 11) is 3.10. The maximum atomic E-state index is 12.8. The summed E-state index contributed by atoms with van der Waals surface area (Å²) in [6.07, 6.45) is 1.70. The van der Waals surface area contributed by atoms with Gasteiger partial charge in [0.25, 0.3) is 11.8 Å². The van der Waals surface area contributed by atoms with Gasteiger partial charge in [-0.15, -0.1) is 0 Å². The molecule has 0 aliphatic carbocycles. The van der Waals surface area contributed by atoms with Crippen LogP contribution in [0.4, 0.5) is 0 Å². The van der Waals surface area contributed by atoms with E-state index in [1.54, 1.807) is 7.11 Å². The Bertz CT molecular complexity index is 961. The largest absolute Gasteiger partial charge is 0.497 e. The highest BCUT2D eigenvalue weighted by Gasteiger charge is 2.23. The van der Waals surface area contributed by atoms with Crippen molar-refractivity contribution in [1.29, 1.82) is 0 Å². The Morgan fingerprint density at radius 3 is 2.56 bits per heavy atom. The Kier molecular flexibility index (Phi) is 8.19. The van der Waals surface area contributed by atoms with Crippen molar-refractivity contribution in [3.8, 4) is 17.2 Å². The lowest BCUT2D eigenvalue weighted by atomic mass is 10.0. The minimum Gasteiger partial charge on any atom is -0.497 e. The summed E-state index contributed by atoms with van der Waals surface area (Å²) in [5.74, 6) is 0.415. The molecule has 0 spiro atoms. The van der Waals surface area contributed by atoms with Gasteiger partial charge in [0.2, 0.25) is 0 Å². The second kappa shape index (κ2) is 11.1. The maximum absolute atomic E-state index is 12.8. The topological polar surface area (TPSA) is 103 Å². The number of nitrogens with one attached hydrogen (secondary N) is 1. The molecule has 0 aromatic heterocycles. The van der Waals surface area contributed by atoms with Gasteiger partial charge in [0.05, 0.1) is 19.2 Å². The van der Waals surface area contributed by atoms with Gasteiger partial charge in [0.15, 0.2) is 18.1 Å². The SMILES string of the molecule is COc1cccc(CN2CCC(NC(=O)c3cc(Cl)c(OCC(N)=O)c(OC)c3)CC2)c1. The molecule has 0 unspecified atom stereocenters. The zero-order valence-corrected chi connectivity index (χ0v) is 19.0. The average Bonchev–Trinajstić information content (AvgIpc) is 2.79. The molecule has 9 heteroatoms. The van der Waals surface area contributed by atoms with Crippen LogP contribution in [0.1, 0.15) is 28.8 Å². The van der Waals surface area contributed by atoms with Crippen LogP contribution in [0.3, 0.4) is 0 Å². The molecule has 2 aromatic rings. The van der Waals surface area contributed by atoms with Gasteiger partial charge in [-0.3, -0.25) is 14.5 Å². The summed E-state index contributed by atoms with van der Waals surface area (Å²) in [6.45, 7) is 2.27. The lowest BCUT2D eigenvalue weighted by Crippen LogP contribution is -2.44. The third kappa shape index (κ3) is 6.27. The van der Waals surface area contributed by atoms with Gasteiger partial charge >= 0.3 is 0 Å². The van der Waals surface area contributed by atoms with Crippen molar-refractivity contribution < 1.29 is 23.8 Å². The van der Waals surface area contributed by atoms with Crippen molar-refractivity contribution in [1.82, 2.24) is 10.2 Å². The molecular formula is C23H28ClN3O5. The van der Waals surface area contributed by atoms with Gasteiger partial charge in [0.1, 0.15) is 5.75 Å². The zero-order valence-electron chi connectivity index (χ0n) is 18.2. The zero-order chi connectivity index (χ0) is 23.1. The normalized spacial score (nSPS) is 14.6. The van der Waals surface area contributed by atoms with Gasteiger partial charge in [0, 0.05) is 31.2 Å². The predicted octanol–water partition coefficient (Wildman–Crippen LogP) is 2.62. The molecule has 2 amide bonds. The van der Waals surface area contributed by atoms with E-state index >= 15 is 0 Å². The van der Waals surface area contributed by atoms with Gasteiger partial charge in [-0.2, -0.15) is 0 Å². The van der Waals surface area contributed by atoms with E-state index in [4.69, 9.17) is 31.5 Å². The van der Waals surface area contributed by atoms with E-state index in [9.17, 15) is 9.59 Å². The molecule has 0 atom stereocenters. The number of halogens is 1. The fourth-order valence-corrected chi connectivity index (χ4v) is 3.93. The third-order valence-corrected chi connectivity index (χ3v) is 5.59. The van der Waals surface area contributed by atoms with Crippen LogP contribution in [0.25, 0.3) is 0 Å². The Morgan fingerprint density at radius 1 is 1.16 bits per heavy atom. The second-order valence-electron chi connectivity index (χ2n) is 7.62. The lowest BCUT2D eigenvalue weighted by Gasteiger charge is -2.32. The number of ether oxygens (including phenoxy) is 3. The molecule has 2 aromatic carbocycles. The summed E-state index contributed by atoms with van der Waals surface area (Å²) in [4.78, 5) is 26.1. The van der Waals surface area contributed by atoms with Crippen molar-refractivity contribution in [2.24, 2.45) is 5.73 Å². The maximum Gasteiger partial charge on any atom is 0.255 e. The van der Waals surface area contributed by atoms with Gasteiger partial charge in [-0.25, -0.2) is 0 Å². The molecule has 1 aliphatic heterocycles. The molecule has 0 bridgehead atoms. The minimum atomic E-state index is -0.636. The van der Waals surface area contributed by atoms with E-state index in [2.05, 4.69) is 16.3 Å². The number of hydrogen-bond acceptors (Lipinski definition) is 6. The number of rotatable bonds is 9. The number of nitrogens with zero attached hydrogens (tertiary/aromatic N) is 1. The molecule has 1 fully saturated rings. The Hall–Kier alpha value is -2.97. The molecule has 0 saturated carbocycles. The first-order chi connectivity index (χ1) is 15.4. The van der Waals surface area contributed by atoms with Gasteiger partial charge in [-0.1, -0.05) is 23.7 Å². The van der Waals surface area contributed by atoms with Crippen LogP contribution in [-0.2, 0) is 11.3 Å². The summed E-state index contributed by atoms with van der Waals surface area (Å²) in [5, 5.41) is 3.24. The summed E-state index contributed by atoms with van der Waals surface area (Å²) in [5.41, 5.74) is 6.67. The minimum absolute atomic E-state index is 0.0691. The molecule has 3 rings (SSSR count). The quantitative estimate of drug-likeness (QED) is 0.595. The number of carbonyl (C=O) groups excluding carboxylic acids is 2. The molecule has 1 aliphatic rings. The predicted molar refractivity (Wildman–Crippen MR) is 121 cm³/mol. The van der Waals surface area contributed by atoms with E-state index in [1.807, 2.05) is 18.2 Å². The average molecular weight is 462 g/mol. The van der Waals surface area contributed by atoms with E-state index in [0.29, 0.717) is 5.56 Å². The second-order valence-corrected chi connectivity index (χ2v) is 8.03. The first-order valence-corrected chi connectivity index (χ1v) is 10.7. The van der Waals surface area contributed by atoms with Crippen LogP contribution in [0.5, 0.6) is 17.2 Å². The van der Waals surface area contributed by atoms with Gasteiger partial charge in [-0.05, 0) is 42.7 Å². The molecule has 32 heavy (non-hydrogen) atoms. The molecule has 172 valence electrons. The standard InChI is InChI=1S/C23H28ClN3O5/c1-30-18-5-3-4-15(10-18)13-27-8-6-17(7-9-27)26-23(29)16-11-19(24)22(20(12-16)31-2)32-14-21(25)28/h3-5,10-12,17H,6-9,13-14H2,1-2H3,(H2,25,28)(H,26,29). The molecule has 1 heterocycles.